The van der Waals surface area contributed by atoms with Gasteiger partial charge in [0, 0.05) is 24.7 Å². The monoisotopic (exact) mass is 538 g/mol. The van der Waals surface area contributed by atoms with Crippen molar-refractivity contribution in [3.8, 4) is 0 Å². The molecule has 1 rings (SSSR count). The van der Waals surface area contributed by atoms with E-state index in [0.29, 0.717) is 25.7 Å². The highest BCUT2D eigenvalue weighted by molar-refractivity contribution is 6.75. The Kier molecular flexibility index (Phi) is 15.1. The average molecular weight is 540 g/mol. The number of halogens is 3. The van der Waals surface area contributed by atoms with Crippen LogP contribution in [0.1, 0.15) is 77.6 Å². The van der Waals surface area contributed by atoms with Gasteiger partial charge in [0.25, 0.3) is 3.79 Å². The van der Waals surface area contributed by atoms with Crippen LogP contribution in [0.4, 0.5) is 0 Å². The smallest absolute Gasteiger partial charge is 0.358 e. The maximum atomic E-state index is 12.7. The normalized spacial score (nSPS) is 22.0. The first kappa shape index (κ1) is 31.0. The van der Waals surface area contributed by atoms with Crippen molar-refractivity contribution in [2.45, 2.75) is 87.4 Å². The summed E-state index contributed by atoms with van der Waals surface area (Å²) in [6.07, 6.45) is 14.9. The zero-order chi connectivity index (χ0) is 25.6. The van der Waals surface area contributed by atoms with Crippen LogP contribution in [-0.2, 0) is 19.1 Å². The molecule has 0 aliphatic heterocycles. The molecule has 1 saturated carbocycles. The Morgan fingerprint density at radius 1 is 1.15 bits per heavy atom. The lowest BCUT2D eigenvalue weighted by Crippen LogP contribution is -2.26. The van der Waals surface area contributed by atoms with Gasteiger partial charge in [-0.3, -0.25) is 9.59 Å². The van der Waals surface area contributed by atoms with E-state index in [-0.39, 0.29) is 43.0 Å². The van der Waals surface area contributed by atoms with Crippen LogP contribution in [0.25, 0.3) is 0 Å². The lowest BCUT2D eigenvalue weighted by atomic mass is 9.86. The molecule has 4 atom stereocenters. The van der Waals surface area contributed by atoms with Crippen molar-refractivity contribution < 1.29 is 29.3 Å². The number of ether oxygens (including phenoxy) is 1. The summed E-state index contributed by atoms with van der Waals surface area (Å²) >= 11 is 16.7. The summed E-state index contributed by atoms with van der Waals surface area (Å²) in [5, 5.41) is 19.1. The molecule has 34 heavy (non-hydrogen) atoms. The summed E-state index contributed by atoms with van der Waals surface area (Å²) in [5.41, 5.74) is 0. The minimum Gasteiger partial charge on any atom is -0.481 e. The van der Waals surface area contributed by atoms with E-state index in [1.807, 2.05) is 18.2 Å². The molecule has 9 heteroatoms. The van der Waals surface area contributed by atoms with E-state index >= 15 is 0 Å². The minimum atomic E-state index is -2.18. The van der Waals surface area contributed by atoms with Gasteiger partial charge >= 0.3 is 11.9 Å². The van der Waals surface area contributed by atoms with E-state index in [1.54, 1.807) is 6.08 Å². The van der Waals surface area contributed by atoms with Crippen LogP contribution >= 0.6 is 34.8 Å². The molecule has 0 spiro atoms. The van der Waals surface area contributed by atoms with Crippen LogP contribution in [0.5, 0.6) is 0 Å². The van der Waals surface area contributed by atoms with Gasteiger partial charge in [-0.1, -0.05) is 98.1 Å². The molecule has 1 aliphatic rings. The summed E-state index contributed by atoms with van der Waals surface area (Å²) in [6.45, 7) is 2.10. The highest BCUT2D eigenvalue weighted by Gasteiger charge is 2.42. The topological polar surface area (TPSA) is 101 Å². The van der Waals surface area contributed by atoms with Gasteiger partial charge in [0.1, 0.15) is 5.78 Å². The number of alkyl halides is 3. The minimum absolute atomic E-state index is 0.0498. The summed E-state index contributed by atoms with van der Waals surface area (Å²) in [7, 11) is 0. The van der Waals surface area contributed by atoms with Gasteiger partial charge in [-0.2, -0.15) is 0 Å². The highest BCUT2D eigenvalue weighted by atomic mass is 35.6. The maximum Gasteiger partial charge on any atom is 0.358 e. The number of esters is 1. The summed E-state index contributed by atoms with van der Waals surface area (Å²) in [5.74, 6) is -2.59. The molecular weight excluding hydrogens is 503 g/mol. The Morgan fingerprint density at radius 2 is 1.85 bits per heavy atom. The van der Waals surface area contributed by atoms with E-state index in [2.05, 4.69) is 6.92 Å². The molecule has 194 valence electrons. The molecule has 0 aromatic carbocycles. The Labute approximate surface area is 217 Å². The fraction of sp³-hybridized carbons (Fsp3) is 0.720. The van der Waals surface area contributed by atoms with E-state index < -0.39 is 21.8 Å². The first-order valence-electron chi connectivity index (χ1n) is 12.1. The summed E-state index contributed by atoms with van der Waals surface area (Å²) in [4.78, 5) is 35.2. The number of unbranched alkanes of at least 4 members (excludes halogenated alkanes) is 5. The average Bonchev–Trinajstić information content (AvgIpc) is 3.06. The molecule has 0 radical (unpaired) electrons. The van der Waals surface area contributed by atoms with Crippen LogP contribution in [0.3, 0.4) is 0 Å². The number of allylic oxidation sites excluding steroid dienone is 3. The molecular formula is C25H37Cl3O6. The number of aliphatic hydroxyl groups excluding tert-OH is 1. The molecule has 0 heterocycles. The maximum absolute atomic E-state index is 12.7. The predicted molar refractivity (Wildman–Crippen MR) is 135 cm³/mol. The number of Topliss-reactive ketones (excluding diaryl/α,β-unsaturated/α-hetero) is 1. The van der Waals surface area contributed by atoms with Crippen LogP contribution in [0.2, 0.25) is 0 Å². The van der Waals surface area contributed by atoms with E-state index in [0.717, 1.165) is 25.7 Å². The molecule has 0 aromatic rings. The molecule has 1 unspecified atom stereocenters. The molecule has 0 aromatic heterocycles. The second-order valence-corrected chi connectivity index (χ2v) is 11.1. The van der Waals surface area contributed by atoms with E-state index in [1.165, 1.54) is 6.42 Å². The molecule has 0 bridgehead atoms. The third kappa shape index (κ3) is 12.6. The van der Waals surface area contributed by atoms with Crippen molar-refractivity contribution >= 4 is 52.5 Å². The van der Waals surface area contributed by atoms with Gasteiger partial charge in [0.15, 0.2) is 0 Å². The third-order valence-corrected chi connectivity index (χ3v) is 6.49. The quantitative estimate of drug-likeness (QED) is 0.105. The first-order chi connectivity index (χ1) is 16.1. The second kappa shape index (κ2) is 16.6. The number of rotatable bonds is 16. The van der Waals surface area contributed by atoms with Crippen LogP contribution < -0.4 is 0 Å². The number of aliphatic carboxylic acids is 1. The standard InChI is InChI=1S/C25H37Cl3O6/c1-2-3-4-5-8-11-19(29)14-15-20-18(17-34-24(33)25(26,27)28)16-22(30)21(20)12-9-6-7-10-13-23(31)32/h6,9,14-15,18-21,29H,2-5,7-8,10-13,16-17H2,1H3,(H,31,32)/b9-6-,15-14+/t18-,19?,20-,21+/m0/s1. The zero-order valence-corrected chi connectivity index (χ0v) is 22.0. The first-order valence-corrected chi connectivity index (χ1v) is 13.2. The van der Waals surface area contributed by atoms with Gasteiger partial charge in [-0.05, 0) is 31.6 Å². The van der Waals surface area contributed by atoms with Crippen LogP contribution in [0, 0.1) is 17.8 Å². The largest absolute Gasteiger partial charge is 0.481 e. The Hall–Kier alpha value is -1.08. The predicted octanol–water partition coefficient (Wildman–Crippen LogP) is 6.20. The fourth-order valence-corrected chi connectivity index (χ4v) is 4.31. The molecule has 0 saturated heterocycles. The number of hydrogen-bond donors (Lipinski definition) is 2. The Morgan fingerprint density at radius 3 is 2.50 bits per heavy atom. The number of aliphatic hydroxyl groups is 1. The number of ketones is 1. The molecule has 0 amide bonds. The molecule has 1 fully saturated rings. The fourth-order valence-electron chi connectivity index (χ4n) is 4.15. The SMILES string of the molecule is CCCCCCCC(O)/C=C/[C@H]1[C@H](COC(=O)C(Cl)(Cl)Cl)CC(=O)[C@@H]1C/C=C\CCCC(=O)O. The number of carboxylic acids is 1. The van der Waals surface area contributed by atoms with Gasteiger partial charge in [-0.25, -0.2) is 4.79 Å². The van der Waals surface area contributed by atoms with Crippen molar-refractivity contribution in [2.24, 2.45) is 17.8 Å². The second-order valence-electron chi connectivity index (χ2n) is 8.86. The molecule has 1 aliphatic carbocycles. The highest BCUT2D eigenvalue weighted by Crippen LogP contribution is 2.39. The van der Waals surface area contributed by atoms with E-state index in [4.69, 9.17) is 44.6 Å². The van der Waals surface area contributed by atoms with Crippen molar-refractivity contribution in [1.82, 2.24) is 0 Å². The number of carbonyl (C=O) groups is 3. The van der Waals surface area contributed by atoms with Crippen molar-refractivity contribution in [2.75, 3.05) is 6.61 Å². The van der Waals surface area contributed by atoms with Crippen molar-refractivity contribution in [3.63, 3.8) is 0 Å². The number of hydrogen-bond acceptors (Lipinski definition) is 5. The zero-order valence-electron chi connectivity index (χ0n) is 19.8. The van der Waals surface area contributed by atoms with Gasteiger partial charge in [0.2, 0.25) is 0 Å². The van der Waals surface area contributed by atoms with Crippen LogP contribution in [-0.4, -0.2) is 44.4 Å². The van der Waals surface area contributed by atoms with Gasteiger partial charge in [-0.15, -0.1) is 0 Å². The summed E-state index contributed by atoms with van der Waals surface area (Å²) < 4.78 is 2.97. The van der Waals surface area contributed by atoms with Crippen molar-refractivity contribution in [3.05, 3.63) is 24.3 Å². The van der Waals surface area contributed by atoms with Crippen LogP contribution in [0.15, 0.2) is 24.3 Å². The van der Waals surface area contributed by atoms with Crippen molar-refractivity contribution in [1.29, 1.82) is 0 Å². The Bertz CT molecular complexity index is 701. The number of carbonyl (C=O) groups excluding carboxylic acids is 2. The third-order valence-electron chi connectivity index (χ3n) is 6.02. The lowest BCUT2D eigenvalue weighted by Gasteiger charge is -2.21. The Balaban J connectivity index is 2.76. The lowest BCUT2D eigenvalue weighted by molar-refractivity contribution is -0.144. The molecule has 6 nitrogen and oxygen atoms in total. The summed E-state index contributed by atoms with van der Waals surface area (Å²) in [6, 6.07) is 0. The van der Waals surface area contributed by atoms with Gasteiger partial charge < -0.3 is 14.9 Å². The van der Waals surface area contributed by atoms with Gasteiger partial charge in [0.05, 0.1) is 12.7 Å². The number of carboxylic acid groups (broad SMARTS) is 1. The molecule has 2 N–H and O–H groups in total. The van der Waals surface area contributed by atoms with E-state index in [9.17, 15) is 19.5 Å².